The molecule has 4 nitrogen and oxygen atoms in total. The molecule has 4 heteroatoms. The first-order valence-corrected chi connectivity index (χ1v) is 8.12. The van der Waals surface area contributed by atoms with Crippen molar-refractivity contribution in [2.75, 3.05) is 24.6 Å². The average Bonchev–Trinajstić information content (AvgIpc) is 2.46. The van der Waals surface area contributed by atoms with E-state index in [1.807, 2.05) is 0 Å². The van der Waals surface area contributed by atoms with Crippen LogP contribution in [-0.4, -0.2) is 35.3 Å². The fourth-order valence-electron chi connectivity index (χ4n) is 2.53. The van der Waals surface area contributed by atoms with Crippen LogP contribution in [0.1, 0.15) is 71.3 Å². The Labute approximate surface area is 128 Å². The van der Waals surface area contributed by atoms with Crippen molar-refractivity contribution in [3.8, 4) is 0 Å². The van der Waals surface area contributed by atoms with Crippen molar-refractivity contribution >= 4 is 5.82 Å². The second-order valence-corrected chi connectivity index (χ2v) is 6.89. The first-order valence-electron chi connectivity index (χ1n) is 8.12. The summed E-state index contributed by atoms with van der Waals surface area (Å²) in [6.45, 7) is 15.6. The van der Waals surface area contributed by atoms with Crippen LogP contribution in [0.4, 0.5) is 5.82 Å². The highest BCUT2D eigenvalue weighted by molar-refractivity contribution is 5.42. The lowest BCUT2D eigenvalue weighted by atomic mass is 10.0. The lowest BCUT2D eigenvalue weighted by molar-refractivity contribution is -0.0443. The molecular weight excluding hydrogens is 262 g/mol. The molecule has 2 heterocycles. The molecule has 1 aromatic rings. The van der Waals surface area contributed by atoms with Crippen molar-refractivity contribution < 1.29 is 4.74 Å². The Morgan fingerprint density at radius 2 is 1.95 bits per heavy atom. The fraction of sp³-hybridized carbons (Fsp3) is 0.765. The Kier molecular flexibility index (Phi) is 4.87. The number of morpholine rings is 1. The zero-order valence-electron chi connectivity index (χ0n) is 14.3. The van der Waals surface area contributed by atoms with Crippen molar-refractivity contribution in [1.82, 2.24) is 9.97 Å². The number of nitrogens with zero attached hydrogens (tertiary/aromatic N) is 3. The standard InChI is InChI=1S/C17H29N3O/c1-7-17(6)11-20(8-9-21-17)15-10-14(12(2)3)18-16(19-15)13(4)5/h10,12-13H,7-9,11H2,1-6H3. The van der Waals surface area contributed by atoms with Crippen molar-refractivity contribution in [2.45, 2.75) is 65.4 Å². The van der Waals surface area contributed by atoms with Crippen molar-refractivity contribution in [2.24, 2.45) is 0 Å². The lowest BCUT2D eigenvalue weighted by Gasteiger charge is -2.40. The molecule has 1 unspecified atom stereocenters. The maximum atomic E-state index is 5.94. The molecule has 0 spiro atoms. The Morgan fingerprint density at radius 3 is 2.52 bits per heavy atom. The maximum Gasteiger partial charge on any atom is 0.133 e. The topological polar surface area (TPSA) is 38.2 Å². The van der Waals surface area contributed by atoms with Crippen molar-refractivity contribution in [3.05, 3.63) is 17.6 Å². The summed E-state index contributed by atoms with van der Waals surface area (Å²) < 4.78 is 5.94. The van der Waals surface area contributed by atoms with Crippen LogP contribution in [0, 0.1) is 0 Å². The van der Waals surface area contributed by atoms with Gasteiger partial charge in [0.1, 0.15) is 11.6 Å². The molecule has 2 rings (SSSR count). The molecule has 1 aliphatic heterocycles. The molecule has 0 N–H and O–H groups in total. The van der Waals surface area contributed by atoms with Crippen LogP contribution in [0.25, 0.3) is 0 Å². The number of ether oxygens (including phenoxy) is 1. The second kappa shape index (κ2) is 6.30. The first-order chi connectivity index (χ1) is 9.84. The molecule has 0 aromatic carbocycles. The molecule has 1 fully saturated rings. The van der Waals surface area contributed by atoms with Gasteiger partial charge in [0.2, 0.25) is 0 Å². The molecule has 118 valence electrons. The minimum absolute atomic E-state index is 0.0702. The SMILES string of the molecule is CCC1(C)CN(c2cc(C(C)C)nc(C(C)C)n2)CCO1. The number of rotatable bonds is 4. The van der Waals surface area contributed by atoms with Gasteiger partial charge >= 0.3 is 0 Å². The van der Waals surface area contributed by atoms with E-state index >= 15 is 0 Å². The van der Waals surface area contributed by atoms with Crippen LogP contribution in [-0.2, 0) is 4.74 Å². The summed E-state index contributed by atoms with van der Waals surface area (Å²) >= 11 is 0. The van der Waals surface area contributed by atoms with Crippen molar-refractivity contribution in [3.63, 3.8) is 0 Å². The van der Waals surface area contributed by atoms with E-state index in [0.29, 0.717) is 11.8 Å². The smallest absolute Gasteiger partial charge is 0.133 e. The van der Waals surface area contributed by atoms with Crippen molar-refractivity contribution in [1.29, 1.82) is 0 Å². The quantitative estimate of drug-likeness (QED) is 0.847. The molecule has 1 atom stereocenters. The minimum atomic E-state index is -0.0702. The summed E-state index contributed by atoms with van der Waals surface area (Å²) in [6.07, 6.45) is 1.02. The van der Waals surface area contributed by atoms with E-state index in [2.05, 4.69) is 52.5 Å². The largest absolute Gasteiger partial charge is 0.372 e. The van der Waals surface area contributed by atoms with Gasteiger partial charge in [0.15, 0.2) is 0 Å². The van der Waals surface area contributed by atoms with Crippen LogP contribution in [0.15, 0.2) is 6.07 Å². The molecule has 0 aliphatic carbocycles. The summed E-state index contributed by atoms with van der Waals surface area (Å²) in [6, 6.07) is 2.15. The minimum Gasteiger partial charge on any atom is -0.372 e. The summed E-state index contributed by atoms with van der Waals surface area (Å²) in [4.78, 5) is 11.9. The van der Waals surface area contributed by atoms with Gasteiger partial charge in [-0.3, -0.25) is 0 Å². The van der Waals surface area contributed by atoms with Gasteiger partial charge in [-0.25, -0.2) is 9.97 Å². The molecule has 1 aliphatic rings. The summed E-state index contributed by atoms with van der Waals surface area (Å²) in [5.41, 5.74) is 1.06. The Bertz CT molecular complexity index is 461. The molecular formula is C17H29N3O. The van der Waals surface area contributed by atoms with Crippen LogP contribution in [0.2, 0.25) is 0 Å². The highest BCUT2D eigenvalue weighted by Crippen LogP contribution is 2.27. The number of hydrogen-bond acceptors (Lipinski definition) is 4. The van der Waals surface area contributed by atoms with E-state index in [1.54, 1.807) is 0 Å². The summed E-state index contributed by atoms with van der Waals surface area (Å²) in [5.74, 6) is 2.77. The van der Waals surface area contributed by atoms with Gasteiger partial charge < -0.3 is 9.64 Å². The van der Waals surface area contributed by atoms with E-state index in [0.717, 1.165) is 43.5 Å². The molecule has 21 heavy (non-hydrogen) atoms. The summed E-state index contributed by atoms with van der Waals surface area (Å²) in [7, 11) is 0. The lowest BCUT2D eigenvalue weighted by Crippen LogP contribution is -2.50. The van der Waals surface area contributed by atoms with E-state index < -0.39 is 0 Å². The van der Waals surface area contributed by atoms with E-state index in [4.69, 9.17) is 14.7 Å². The van der Waals surface area contributed by atoms with Gasteiger partial charge in [0.25, 0.3) is 0 Å². The van der Waals surface area contributed by atoms with Gasteiger partial charge in [-0.05, 0) is 19.3 Å². The van der Waals surface area contributed by atoms with Crippen LogP contribution in [0.5, 0.6) is 0 Å². The maximum absolute atomic E-state index is 5.94. The van der Waals surface area contributed by atoms with Crippen LogP contribution >= 0.6 is 0 Å². The fourth-order valence-corrected chi connectivity index (χ4v) is 2.53. The Morgan fingerprint density at radius 1 is 1.24 bits per heavy atom. The highest BCUT2D eigenvalue weighted by Gasteiger charge is 2.31. The molecule has 0 radical (unpaired) electrons. The zero-order chi connectivity index (χ0) is 15.6. The van der Waals surface area contributed by atoms with Gasteiger partial charge in [-0.1, -0.05) is 34.6 Å². The zero-order valence-corrected chi connectivity index (χ0v) is 14.3. The monoisotopic (exact) mass is 291 g/mol. The summed E-state index contributed by atoms with van der Waals surface area (Å²) in [5, 5.41) is 0. The van der Waals surface area contributed by atoms with E-state index in [9.17, 15) is 0 Å². The number of hydrogen-bond donors (Lipinski definition) is 0. The third kappa shape index (κ3) is 3.73. The average molecular weight is 291 g/mol. The third-order valence-corrected chi connectivity index (χ3v) is 4.27. The van der Waals surface area contributed by atoms with Gasteiger partial charge in [0.05, 0.1) is 12.2 Å². The molecule has 0 amide bonds. The normalized spacial score (nSPS) is 23.1. The molecule has 1 saturated heterocycles. The highest BCUT2D eigenvalue weighted by atomic mass is 16.5. The number of anilines is 1. The van der Waals surface area contributed by atoms with Gasteiger partial charge in [-0.2, -0.15) is 0 Å². The first kappa shape index (κ1) is 16.2. The Hall–Kier alpha value is -1.16. The second-order valence-electron chi connectivity index (χ2n) is 6.89. The predicted molar refractivity (Wildman–Crippen MR) is 87.1 cm³/mol. The van der Waals surface area contributed by atoms with E-state index in [-0.39, 0.29) is 5.60 Å². The molecule has 0 bridgehead atoms. The van der Waals surface area contributed by atoms with E-state index in [1.165, 1.54) is 0 Å². The Balaban J connectivity index is 2.34. The van der Waals surface area contributed by atoms with Gasteiger partial charge in [0, 0.05) is 30.8 Å². The molecule has 1 aromatic heterocycles. The van der Waals surface area contributed by atoms with Crippen LogP contribution in [0.3, 0.4) is 0 Å². The predicted octanol–water partition coefficient (Wildman–Crippen LogP) is 3.73. The number of aromatic nitrogens is 2. The third-order valence-electron chi connectivity index (χ3n) is 4.27. The molecule has 0 saturated carbocycles. The van der Waals surface area contributed by atoms with Gasteiger partial charge in [-0.15, -0.1) is 0 Å². The van der Waals surface area contributed by atoms with Crippen LogP contribution < -0.4 is 4.90 Å².